The molecule has 0 aliphatic carbocycles. The van der Waals surface area contributed by atoms with E-state index in [0.717, 1.165) is 58.8 Å². The van der Waals surface area contributed by atoms with Crippen LogP contribution in [0.3, 0.4) is 0 Å². The van der Waals surface area contributed by atoms with Gasteiger partial charge in [-0.2, -0.15) is 0 Å². The zero-order valence-electron chi connectivity index (χ0n) is 13.7. The molecular weight excluding hydrogens is 266 g/mol. The summed E-state index contributed by atoms with van der Waals surface area (Å²) in [5, 5.41) is 0. The molecule has 5 heteroatoms. The van der Waals surface area contributed by atoms with Crippen LogP contribution in [0.25, 0.3) is 0 Å². The lowest BCUT2D eigenvalue weighted by Crippen LogP contribution is -2.53. The summed E-state index contributed by atoms with van der Waals surface area (Å²) in [5.41, 5.74) is 0. The van der Waals surface area contributed by atoms with Crippen molar-refractivity contribution in [3.63, 3.8) is 0 Å². The van der Waals surface area contributed by atoms with E-state index in [-0.39, 0.29) is 6.04 Å². The van der Waals surface area contributed by atoms with Gasteiger partial charge in [0, 0.05) is 39.9 Å². The summed E-state index contributed by atoms with van der Waals surface area (Å²) in [5.74, 6) is 0.330. The molecule has 0 aromatic heterocycles. The lowest BCUT2D eigenvalue weighted by molar-refractivity contribution is -0.137. The van der Waals surface area contributed by atoms with Crippen LogP contribution in [0.15, 0.2) is 0 Å². The number of nitrogens with zero attached hydrogens (tertiary/aromatic N) is 3. The van der Waals surface area contributed by atoms with Crippen LogP contribution < -0.4 is 0 Å². The Morgan fingerprint density at radius 3 is 2.33 bits per heavy atom. The zero-order chi connectivity index (χ0) is 15.1. The van der Waals surface area contributed by atoms with Gasteiger partial charge in [0.2, 0.25) is 5.91 Å². The zero-order valence-corrected chi connectivity index (χ0v) is 13.7. The van der Waals surface area contributed by atoms with E-state index >= 15 is 0 Å². The normalized spacial score (nSPS) is 22.7. The van der Waals surface area contributed by atoms with Crippen molar-refractivity contribution in [1.82, 2.24) is 14.7 Å². The van der Waals surface area contributed by atoms with E-state index in [1.807, 2.05) is 0 Å². The molecule has 2 aliphatic rings. The Balaban J connectivity index is 1.66. The van der Waals surface area contributed by atoms with Crippen LogP contribution in [0, 0.1) is 0 Å². The van der Waals surface area contributed by atoms with Crippen molar-refractivity contribution in [3.8, 4) is 0 Å². The molecule has 2 aliphatic heterocycles. The van der Waals surface area contributed by atoms with Crippen LogP contribution in [0.1, 0.15) is 32.6 Å². The molecule has 0 saturated carbocycles. The second-order valence-electron chi connectivity index (χ2n) is 6.29. The van der Waals surface area contributed by atoms with Gasteiger partial charge in [-0.25, -0.2) is 0 Å². The van der Waals surface area contributed by atoms with Crippen LogP contribution in [-0.4, -0.2) is 86.2 Å². The van der Waals surface area contributed by atoms with Crippen LogP contribution in [0.2, 0.25) is 0 Å². The third-order valence-electron chi connectivity index (χ3n) is 4.80. The number of hydrogen-bond donors (Lipinski definition) is 0. The first-order valence-electron chi connectivity index (χ1n) is 8.46. The highest BCUT2D eigenvalue weighted by Crippen LogP contribution is 2.14. The molecule has 2 rings (SSSR count). The number of ether oxygens (including phenoxy) is 1. The molecule has 2 saturated heterocycles. The Kier molecular flexibility index (Phi) is 6.93. The lowest BCUT2D eigenvalue weighted by Gasteiger charge is -2.37. The standard InChI is InChI=1S/C16H31N3O2/c1-15(18-8-3-4-9-18)16(20)19-12-10-17(11-13-19)7-5-6-14-21-2/h15H,3-14H2,1-2H3/t15-/m1/s1. The van der Waals surface area contributed by atoms with Crippen molar-refractivity contribution in [1.29, 1.82) is 0 Å². The van der Waals surface area contributed by atoms with Crippen LogP contribution in [0.4, 0.5) is 0 Å². The number of carbonyl (C=O) groups is 1. The van der Waals surface area contributed by atoms with Gasteiger partial charge in [-0.1, -0.05) is 0 Å². The Morgan fingerprint density at radius 2 is 1.71 bits per heavy atom. The molecule has 0 aromatic carbocycles. The third kappa shape index (κ3) is 4.94. The van der Waals surface area contributed by atoms with Crippen LogP contribution >= 0.6 is 0 Å². The molecule has 122 valence electrons. The van der Waals surface area contributed by atoms with Crippen molar-refractivity contribution >= 4 is 5.91 Å². The molecule has 0 spiro atoms. The molecule has 0 aromatic rings. The molecule has 0 radical (unpaired) electrons. The summed E-state index contributed by atoms with van der Waals surface area (Å²) in [6.07, 6.45) is 4.80. The highest BCUT2D eigenvalue weighted by Gasteiger charge is 2.29. The summed E-state index contributed by atoms with van der Waals surface area (Å²) >= 11 is 0. The summed E-state index contributed by atoms with van der Waals surface area (Å²) in [6.45, 7) is 10.1. The van der Waals surface area contributed by atoms with Gasteiger partial charge in [-0.15, -0.1) is 0 Å². The first kappa shape index (κ1) is 16.7. The van der Waals surface area contributed by atoms with E-state index < -0.39 is 0 Å². The number of likely N-dealkylation sites (tertiary alicyclic amines) is 1. The SMILES string of the molecule is COCCCCN1CCN(C(=O)[C@@H](C)N2CCCC2)CC1. The van der Waals surface area contributed by atoms with Gasteiger partial charge >= 0.3 is 0 Å². The average molecular weight is 297 g/mol. The highest BCUT2D eigenvalue weighted by atomic mass is 16.5. The van der Waals surface area contributed by atoms with E-state index in [0.29, 0.717) is 5.91 Å². The topological polar surface area (TPSA) is 36.0 Å². The van der Waals surface area contributed by atoms with Gasteiger partial charge < -0.3 is 9.64 Å². The molecule has 1 amide bonds. The van der Waals surface area contributed by atoms with E-state index in [1.165, 1.54) is 19.3 Å². The fourth-order valence-electron chi connectivity index (χ4n) is 3.32. The molecule has 21 heavy (non-hydrogen) atoms. The highest BCUT2D eigenvalue weighted by molar-refractivity contribution is 5.81. The Bertz CT molecular complexity index is 311. The van der Waals surface area contributed by atoms with E-state index in [4.69, 9.17) is 4.74 Å². The first-order valence-corrected chi connectivity index (χ1v) is 8.46. The molecule has 0 bridgehead atoms. The fraction of sp³-hybridized carbons (Fsp3) is 0.938. The predicted molar refractivity (Wildman–Crippen MR) is 84.4 cm³/mol. The van der Waals surface area contributed by atoms with E-state index in [1.54, 1.807) is 7.11 Å². The van der Waals surface area contributed by atoms with Gasteiger partial charge in [0.15, 0.2) is 0 Å². The second kappa shape index (κ2) is 8.71. The molecule has 0 unspecified atom stereocenters. The van der Waals surface area contributed by atoms with Gasteiger partial charge in [0.25, 0.3) is 0 Å². The van der Waals surface area contributed by atoms with Crippen molar-refractivity contribution in [2.45, 2.75) is 38.6 Å². The third-order valence-corrected chi connectivity index (χ3v) is 4.80. The van der Waals surface area contributed by atoms with Gasteiger partial charge in [-0.3, -0.25) is 14.6 Å². The number of rotatable bonds is 7. The monoisotopic (exact) mass is 297 g/mol. The number of amides is 1. The minimum atomic E-state index is 0.0701. The predicted octanol–water partition coefficient (Wildman–Crippen LogP) is 1.04. The number of carbonyl (C=O) groups excluding carboxylic acids is 1. The maximum Gasteiger partial charge on any atom is 0.239 e. The Hall–Kier alpha value is -0.650. The number of unbranched alkanes of at least 4 members (excludes halogenated alkanes) is 1. The van der Waals surface area contributed by atoms with E-state index in [2.05, 4.69) is 21.6 Å². The van der Waals surface area contributed by atoms with Crippen molar-refractivity contribution < 1.29 is 9.53 Å². The summed E-state index contributed by atoms with van der Waals surface area (Å²) < 4.78 is 5.08. The first-order chi connectivity index (χ1) is 10.2. The smallest absolute Gasteiger partial charge is 0.239 e. The summed E-state index contributed by atoms with van der Waals surface area (Å²) in [6, 6.07) is 0.0701. The van der Waals surface area contributed by atoms with Crippen molar-refractivity contribution in [3.05, 3.63) is 0 Å². The molecule has 5 nitrogen and oxygen atoms in total. The molecule has 2 fully saturated rings. The van der Waals surface area contributed by atoms with Gasteiger partial charge in [0.1, 0.15) is 0 Å². The maximum atomic E-state index is 12.5. The summed E-state index contributed by atoms with van der Waals surface area (Å²) in [7, 11) is 1.76. The minimum absolute atomic E-state index is 0.0701. The van der Waals surface area contributed by atoms with Crippen LogP contribution in [-0.2, 0) is 9.53 Å². The number of methoxy groups -OCH3 is 1. The van der Waals surface area contributed by atoms with Gasteiger partial charge in [0.05, 0.1) is 6.04 Å². The summed E-state index contributed by atoms with van der Waals surface area (Å²) in [4.78, 5) is 19.4. The lowest BCUT2D eigenvalue weighted by atomic mass is 10.2. The fourth-order valence-corrected chi connectivity index (χ4v) is 3.32. The largest absolute Gasteiger partial charge is 0.385 e. The number of piperazine rings is 1. The molecular formula is C16H31N3O2. The Labute approximate surface area is 129 Å². The molecule has 0 N–H and O–H groups in total. The second-order valence-corrected chi connectivity index (χ2v) is 6.29. The van der Waals surface area contributed by atoms with Gasteiger partial charge in [-0.05, 0) is 52.2 Å². The molecule has 2 heterocycles. The minimum Gasteiger partial charge on any atom is -0.385 e. The van der Waals surface area contributed by atoms with Crippen LogP contribution in [0.5, 0.6) is 0 Å². The Morgan fingerprint density at radius 1 is 1.05 bits per heavy atom. The average Bonchev–Trinajstić information content (AvgIpc) is 3.05. The van der Waals surface area contributed by atoms with Crippen molar-refractivity contribution in [2.24, 2.45) is 0 Å². The van der Waals surface area contributed by atoms with E-state index in [9.17, 15) is 4.79 Å². The maximum absolute atomic E-state index is 12.5. The number of hydrogen-bond acceptors (Lipinski definition) is 4. The van der Waals surface area contributed by atoms with Crippen molar-refractivity contribution in [2.75, 3.05) is 59.5 Å². The quantitative estimate of drug-likeness (QED) is 0.658. The molecule has 1 atom stereocenters.